The van der Waals surface area contributed by atoms with Crippen LogP contribution in [0.4, 0.5) is 0 Å². The minimum absolute atomic E-state index is 0.0853. The number of rotatable bonds is 6. The van der Waals surface area contributed by atoms with Crippen molar-refractivity contribution >= 4 is 22.4 Å². The monoisotopic (exact) mass is 247 g/mol. The van der Waals surface area contributed by atoms with Crippen LogP contribution in [0, 0.1) is 0 Å². The van der Waals surface area contributed by atoms with Crippen LogP contribution >= 0.6 is 16.5 Å². The summed E-state index contributed by atoms with van der Waals surface area (Å²) >= 11 is 0. The van der Waals surface area contributed by atoms with Gasteiger partial charge in [0, 0.05) is 6.42 Å². The Kier molecular flexibility index (Phi) is 7.00. The highest BCUT2D eigenvalue weighted by Gasteiger charge is 2.16. The van der Waals surface area contributed by atoms with Crippen molar-refractivity contribution in [1.29, 1.82) is 0 Å². The van der Waals surface area contributed by atoms with Crippen LogP contribution in [-0.4, -0.2) is 22.1 Å². The molecule has 0 aromatic heterocycles. The normalized spacial score (nSPS) is 17.1. The number of carbonyl (C=O) groups is 1. The third-order valence-corrected chi connectivity index (χ3v) is 1.85. The minimum Gasteiger partial charge on any atom is -0.326 e. The number of nitrogens with one attached hydrogen (secondary N) is 1. The first-order valence-corrected chi connectivity index (χ1v) is 6.07. The van der Waals surface area contributed by atoms with Gasteiger partial charge in [0.2, 0.25) is 5.91 Å². The zero-order valence-electron chi connectivity index (χ0n) is 7.22. The summed E-state index contributed by atoms with van der Waals surface area (Å²) in [4.78, 5) is 27.5. The first kappa shape index (κ1) is 13.8. The third kappa shape index (κ3) is 7.20. The molecule has 0 saturated heterocycles. The standard InChI is InChI=1S/C4H11NO7P2/c1-2-3(6)5-4(11-13(7)8)12-14(9)10/h4,13-14H,2H2,1H3,(H,5,6)(H,7,8)(H,9,10). The molecule has 0 aliphatic rings. The van der Waals surface area contributed by atoms with Crippen molar-refractivity contribution in [3.05, 3.63) is 0 Å². The molecular weight excluding hydrogens is 236 g/mol. The van der Waals surface area contributed by atoms with Gasteiger partial charge in [0.05, 0.1) is 0 Å². The first-order valence-electron chi connectivity index (χ1n) is 3.54. The maximum absolute atomic E-state index is 10.8. The molecule has 8 nitrogen and oxygen atoms in total. The molecule has 2 unspecified atom stereocenters. The summed E-state index contributed by atoms with van der Waals surface area (Å²) in [5.41, 5.74) is 0. The molecule has 0 saturated carbocycles. The molecular formula is C4H11NO7P2. The summed E-state index contributed by atoms with van der Waals surface area (Å²) in [5.74, 6) is -0.540. The van der Waals surface area contributed by atoms with Crippen molar-refractivity contribution in [1.82, 2.24) is 5.32 Å². The van der Waals surface area contributed by atoms with Gasteiger partial charge in [-0.05, 0) is 0 Å². The maximum Gasteiger partial charge on any atom is 0.320 e. The maximum atomic E-state index is 10.8. The fraction of sp³-hybridized carbons (Fsp3) is 0.750. The molecule has 0 spiro atoms. The molecule has 0 bridgehead atoms. The number of carbonyl (C=O) groups excluding carboxylic acids is 1. The molecule has 1 amide bonds. The van der Waals surface area contributed by atoms with Crippen LogP contribution in [0.2, 0.25) is 0 Å². The second kappa shape index (κ2) is 7.11. The van der Waals surface area contributed by atoms with E-state index >= 15 is 0 Å². The Morgan fingerprint density at radius 3 is 2.07 bits per heavy atom. The molecule has 10 heteroatoms. The van der Waals surface area contributed by atoms with Crippen molar-refractivity contribution in [2.75, 3.05) is 0 Å². The fourth-order valence-electron chi connectivity index (χ4n) is 0.500. The molecule has 0 aromatic rings. The molecule has 3 N–H and O–H groups in total. The number of amides is 1. The highest BCUT2D eigenvalue weighted by Crippen LogP contribution is 2.24. The topological polar surface area (TPSA) is 122 Å². The molecule has 0 aliphatic carbocycles. The van der Waals surface area contributed by atoms with E-state index in [0.717, 1.165) is 0 Å². The fourth-order valence-corrected chi connectivity index (χ4v) is 1.18. The Balaban J connectivity index is 4.16. The molecule has 0 fully saturated rings. The quantitative estimate of drug-likeness (QED) is 0.430. The smallest absolute Gasteiger partial charge is 0.320 e. The lowest BCUT2D eigenvalue weighted by atomic mass is 10.5. The number of hydrogen-bond acceptors (Lipinski definition) is 5. The summed E-state index contributed by atoms with van der Waals surface area (Å²) in [5, 5.41) is 1.98. The van der Waals surface area contributed by atoms with Gasteiger partial charge in [0.25, 0.3) is 6.41 Å². The first-order chi connectivity index (χ1) is 6.45. The average Bonchev–Trinajstić information content (AvgIpc) is 2.01. The molecule has 2 atom stereocenters. The lowest BCUT2D eigenvalue weighted by molar-refractivity contribution is -0.128. The van der Waals surface area contributed by atoms with E-state index in [1.807, 2.05) is 5.32 Å². The van der Waals surface area contributed by atoms with Crippen molar-refractivity contribution in [3.8, 4) is 0 Å². The molecule has 14 heavy (non-hydrogen) atoms. The molecule has 0 rings (SSSR count). The predicted octanol–water partition coefficient (Wildman–Crippen LogP) is -0.407. The molecule has 0 aliphatic heterocycles. The van der Waals surface area contributed by atoms with E-state index in [4.69, 9.17) is 9.79 Å². The van der Waals surface area contributed by atoms with Crippen LogP contribution in [0.25, 0.3) is 0 Å². The molecule has 84 valence electrons. The Hall–Kier alpha value is -0.230. The van der Waals surface area contributed by atoms with Gasteiger partial charge in [-0.1, -0.05) is 6.92 Å². The summed E-state index contributed by atoms with van der Waals surface area (Å²) in [7, 11) is -6.71. The van der Waals surface area contributed by atoms with Crippen LogP contribution in [0.15, 0.2) is 0 Å². The third-order valence-electron chi connectivity index (χ3n) is 1.02. The zero-order valence-corrected chi connectivity index (χ0v) is 9.22. The SMILES string of the molecule is CCC(=O)NC(O[PH](=O)O)O[PH](=O)O. The van der Waals surface area contributed by atoms with Gasteiger partial charge in [-0.15, -0.1) is 0 Å². The van der Waals surface area contributed by atoms with Crippen molar-refractivity contribution < 1.29 is 32.8 Å². The Bertz CT molecular complexity index is 228. The highest BCUT2D eigenvalue weighted by atomic mass is 31.1. The van der Waals surface area contributed by atoms with Gasteiger partial charge in [-0.2, -0.15) is 0 Å². The Morgan fingerprint density at radius 2 is 1.79 bits per heavy atom. The van der Waals surface area contributed by atoms with Crippen LogP contribution in [0.3, 0.4) is 0 Å². The van der Waals surface area contributed by atoms with Gasteiger partial charge in [-0.3, -0.25) is 23.0 Å². The van der Waals surface area contributed by atoms with Crippen LogP contribution in [-0.2, 0) is 23.0 Å². The Labute approximate surface area is 81.1 Å². The van der Waals surface area contributed by atoms with Gasteiger partial charge in [0.15, 0.2) is 0 Å². The second-order valence-corrected chi connectivity index (χ2v) is 3.56. The lowest BCUT2D eigenvalue weighted by Crippen LogP contribution is -2.35. The van der Waals surface area contributed by atoms with Gasteiger partial charge >= 0.3 is 16.5 Å². The molecule has 0 heterocycles. The van der Waals surface area contributed by atoms with E-state index < -0.39 is 28.8 Å². The summed E-state index contributed by atoms with van der Waals surface area (Å²) in [6.07, 6.45) is -1.59. The van der Waals surface area contributed by atoms with Crippen molar-refractivity contribution in [2.24, 2.45) is 0 Å². The van der Waals surface area contributed by atoms with Crippen LogP contribution in [0.1, 0.15) is 13.3 Å². The van der Waals surface area contributed by atoms with Gasteiger partial charge < -0.3 is 15.1 Å². The zero-order chi connectivity index (χ0) is 11.1. The summed E-state index contributed by atoms with van der Waals surface area (Å²) in [6, 6.07) is 0. The lowest BCUT2D eigenvalue weighted by Gasteiger charge is -2.15. The average molecular weight is 247 g/mol. The van der Waals surface area contributed by atoms with E-state index in [2.05, 4.69) is 9.05 Å². The highest BCUT2D eigenvalue weighted by molar-refractivity contribution is 7.32. The van der Waals surface area contributed by atoms with E-state index in [1.54, 1.807) is 0 Å². The van der Waals surface area contributed by atoms with Crippen LogP contribution < -0.4 is 5.32 Å². The largest absolute Gasteiger partial charge is 0.326 e. The minimum atomic E-state index is -3.36. The van der Waals surface area contributed by atoms with Crippen LogP contribution in [0.5, 0.6) is 0 Å². The summed E-state index contributed by atoms with van der Waals surface area (Å²) in [6.45, 7) is 1.52. The van der Waals surface area contributed by atoms with E-state index in [0.29, 0.717) is 0 Å². The van der Waals surface area contributed by atoms with Crippen molar-refractivity contribution in [2.45, 2.75) is 19.8 Å². The number of hydrogen-bond donors (Lipinski definition) is 3. The van der Waals surface area contributed by atoms with E-state index in [-0.39, 0.29) is 6.42 Å². The Morgan fingerprint density at radius 1 is 1.36 bits per heavy atom. The van der Waals surface area contributed by atoms with Gasteiger partial charge in [0.1, 0.15) is 0 Å². The van der Waals surface area contributed by atoms with E-state index in [1.165, 1.54) is 6.92 Å². The predicted molar refractivity (Wildman–Crippen MR) is 46.8 cm³/mol. The van der Waals surface area contributed by atoms with E-state index in [9.17, 15) is 13.9 Å². The molecule has 0 radical (unpaired) electrons. The van der Waals surface area contributed by atoms with Gasteiger partial charge in [-0.25, -0.2) is 0 Å². The van der Waals surface area contributed by atoms with Crippen molar-refractivity contribution in [3.63, 3.8) is 0 Å². The summed E-state index contributed by atoms with van der Waals surface area (Å²) < 4.78 is 28.7. The molecule has 0 aromatic carbocycles. The second-order valence-electron chi connectivity index (χ2n) is 2.02.